The van der Waals surface area contributed by atoms with Crippen molar-refractivity contribution in [2.24, 2.45) is 5.92 Å². The quantitative estimate of drug-likeness (QED) is 0.879. The van der Waals surface area contributed by atoms with E-state index in [1.54, 1.807) is 6.20 Å². The zero-order valence-corrected chi connectivity index (χ0v) is 16.5. The fourth-order valence-electron chi connectivity index (χ4n) is 3.77. The van der Waals surface area contributed by atoms with E-state index in [0.717, 1.165) is 44.8 Å². The second-order valence-electron chi connectivity index (χ2n) is 8.35. The number of hydrogen-bond acceptors (Lipinski definition) is 5. The Labute approximate surface area is 161 Å². The van der Waals surface area contributed by atoms with E-state index in [4.69, 9.17) is 4.74 Å². The monoisotopic (exact) mass is 374 g/mol. The van der Waals surface area contributed by atoms with Crippen molar-refractivity contribution in [3.63, 3.8) is 0 Å². The summed E-state index contributed by atoms with van der Waals surface area (Å²) in [4.78, 5) is 33.3. The van der Waals surface area contributed by atoms with E-state index in [1.165, 1.54) is 0 Å². The topological polar surface area (TPSA) is 74.8 Å². The van der Waals surface area contributed by atoms with Gasteiger partial charge in [0.1, 0.15) is 11.4 Å². The van der Waals surface area contributed by atoms with Crippen LogP contribution in [0.25, 0.3) is 0 Å². The highest BCUT2D eigenvalue weighted by Gasteiger charge is 2.35. The van der Waals surface area contributed by atoms with Crippen LogP contribution in [0.2, 0.25) is 0 Å². The first-order chi connectivity index (χ1) is 12.8. The largest absolute Gasteiger partial charge is 0.444 e. The van der Waals surface area contributed by atoms with Crippen molar-refractivity contribution >= 4 is 17.8 Å². The first-order valence-electron chi connectivity index (χ1n) is 9.76. The molecule has 1 N–H and O–H groups in total. The number of pyridine rings is 1. The Hall–Kier alpha value is -2.31. The Morgan fingerprint density at radius 2 is 1.89 bits per heavy atom. The van der Waals surface area contributed by atoms with Gasteiger partial charge in [0.2, 0.25) is 5.91 Å². The molecule has 2 heterocycles. The summed E-state index contributed by atoms with van der Waals surface area (Å²) in [6, 6.07) is 5.91. The van der Waals surface area contributed by atoms with Crippen LogP contribution in [0.1, 0.15) is 40.0 Å². The van der Waals surface area contributed by atoms with Crippen LogP contribution in [0.3, 0.4) is 0 Å². The average molecular weight is 374 g/mol. The molecule has 3 rings (SSSR count). The lowest BCUT2D eigenvalue weighted by atomic mass is 10.1. The predicted molar refractivity (Wildman–Crippen MR) is 104 cm³/mol. The second-order valence-corrected chi connectivity index (χ2v) is 8.35. The average Bonchev–Trinajstić information content (AvgIpc) is 3.08. The Balaban J connectivity index is 1.45. The minimum absolute atomic E-state index is 0.00802. The zero-order valence-electron chi connectivity index (χ0n) is 16.5. The van der Waals surface area contributed by atoms with Crippen molar-refractivity contribution in [2.45, 2.75) is 51.7 Å². The molecule has 0 bridgehead atoms. The number of anilines is 1. The number of carbonyl (C=O) groups excluding carboxylic acids is 2. The summed E-state index contributed by atoms with van der Waals surface area (Å²) in [5.74, 6) is 1.17. The number of alkyl carbamates (subject to hydrolysis) is 1. The number of piperazine rings is 1. The van der Waals surface area contributed by atoms with Crippen molar-refractivity contribution in [3.05, 3.63) is 24.4 Å². The Bertz CT molecular complexity index is 651. The molecule has 1 saturated heterocycles. The molecule has 0 radical (unpaired) electrons. The van der Waals surface area contributed by atoms with Gasteiger partial charge in [-0.25, -0.2) is 9.78 Å². The molecule has 148 valence electrons. The molecule has 2 aliphatic rings. The molecule has 1 aromatic heterocycles. The van der Waals surface area contributed by atoms with Gasteiger partial charge in [0.05, 0.1) is 0 Å². The summed E-state index contributed by atoms with van der Waals surface area (Å²) in [7, 11) is 0. The van der Waals surface area contributed by atoms with E-state index in [1.807, 2.05) is 43.9 Å². The van der Waals surface area contributed by atoms with Crippen LogP contribution in [-0.2, 0) is 9.53 Å². The number of hydrogen-bond donors (Lipinski definition) is 1. The summed E-state index contributed by atoms with van der Waals surface area (Å²) < 4.78 is 5.31. The molecule has 0 aromatic carbocycles. The molecule has 1 aliphatic carbocycles. The van der Waals surface area contributed by atoms with Gasteiger partial charge in [-0.15, -0.1) is 0 Å². The summed E-state index contributed by atoms with van der Waals surface area (Å²) in [5, 5.41) is 2.90. The first-order valence-corrected chi connectivity index (χ1v) is 9.76. The minimum atomic E-state index is -0.509. The van der Waals surface area contributed by atoms with Gasteiger partial charge < -0.3 is 19.9 Å². The lowest BCUT2D eigenvalue weighted by Crippen LogP contribution is -2.50. The van der Waals surface area contributed by atoms with Gasteiger partial charge in [-0.1, -0.05) is 6.07 Å². The van der Waals surface area contributed by atoms with Gasteiger partial charge in [-0.2, -0.15) is 0 Å². The number of carbonyl (C=O) groups is 2. The highest BCUT2D eigenvalue weighted by Crippen LogP contribution is 2.28. The maximum atomic E-state index is 12.9. The molecule has 1 saturated carbocycles. The molecule has 27 heavy (non-hydrogen) atoms. The second kappa shape index (κ2) is 8.15. The summed E-state index contributed by atoms with van der Waals surface area (Å²) >= 11 is 0. The number of ether oxygens (including phenoxy) is 1. The lowest BCUT2D eigenvalue weighted by molar-refractivity contribution is -0.135. The summed E-state index contributed by atoms with van der Waals surface area (Å²) in [6.07, 6.45) is 3.73. The van der Waals surface area contributed by atoms with E-state index < -0.39 is 11.7 Å². The SMILES string of the molecule is CC(C)(C)OC(=O)NC1CCC(C(=O)N2CCN(c3ccccn3)CC2)C1. The highest BCUT2D eigenvalue weighted by molar-refractivity contribution is 5.79. The third-order valence-corrected chi connectivity index (χ3v) is 5.07. The third-order valence-electron chi connectivity index (χ3n) is 5.07. The van der Waals surface area contributed by atoms with Crippen molar-refractivity contribution in [3.8, 4) is 0 Å². The zero-order chi connectivity index (χ0) is 19.4. The number of nitrogens with one attached hydrogen (secondary N) is 1. The van der Waals surface area contributed by atoms with Crippen molar-refractivity contribution in [2.75, 3.05) is 31.1 Å². The Kier molecular flexibility index (Phi) is 5.87. The van der Waals surface area contributed by atoms with Crippen LogP contribution in [-0.4, -0.2) is 59.7 Å². The molecule has 2 amide bonds. The van der Waals surface area contributed by atoms with Crippen LogP contribution in [0, 0.1) is 5.92 Å². The molecule has 2 fully saturated rings. The fourth-order valence-corrected chi connectivity index (χ4v) is 3.77. The van der Waals surface area contributed by atoms with E-state index in [2.05, 4.69) is 15.2 Å². The van der Waals surface area contributed by atoms with Crippen LogP contribution in [0.5, 0.6) is 0 Å². The first kappa shape index (κ1) is 19.5. The Morgan fingerprint density at radius 3 is 2.52 bits per heavy atom. The maximum Gasteiger partial charge on any atom is 0.407 e. The van der Waals surface area contributed by atoms with Gasteiger partial charge >= 0.3 is 6.09 Å². The van der Waals surface area contributed by atoms with Crippen molar-refractivity contribution in [1.29, 1.82) is 0 Å². The van der Waals surface area contributed by atoms with Crippen molar-refractivity contribution < 1.29 is 14.3 Å². The highest BCUT2D eigenvalue weighted by atomic mass is 16.6. The maximum absolute atomic E-state index is 12.9. The Morgan fingerprint density at radius 1 is 1.15 bits per heavy atom. The van der Waals surface area contributed by atoms with E-state index in [9.17, 15) is 9.59 Å². The number of aromatic nitrogens is 1. The minimum Gasteiger partial charge on any atom is -0.444 e. The van der Waals surface area contributed by atoms with Crippen molar-refractivity contribution in [1.82, 2.24) is 15.2 Å². The number of rotatable bonds is 3. The van der Waals surface area contributed by atoms with Crippen LogP contribution >= 0.6 is 0 Å². The smallest absolute Gasteiger partial charge is 0.407 e. The summed E-state index contributed by atoms with van der Waals surface area (Å²) in [6.45, 7) is 8.57. The molecule has 0 spiro atoms. The molecule has 1 aliphatic heterocycles. The molecule has 2 unspecified atom stereocenters. The van der Waals surface area contributed by atoms with Crippen LogP contribution in [0.4, 0.5) is 10.6 Å². The molecule has 2 atom stereocenters. The predicted octanol–water partition coefficient (Wildman–Crippen LogP) is 2.42. The van der Waals surface area contributed by atoms with Gasteiger partial charge in [0, 0.05) is 44.3 Å². The number of amides is 2. The fraction of sp³-hybridized carbons (Fsp3) is 0.650. The lowest BCUT2D eigenvalue weighted by Gasteiger charge is -2.36. The van der Waals surface area contributed by atoms with Crippen LogP contribution < -0.4 is 10.2 Å². The van der Waals surface area contributed by atoms with Gasteiger partial charge in [0.15, 0.2) is 0 Å². The van der Waals surface area contributed by atoms with E-state index in [-0.39, 0.29) is 17.9 Å². The molecular formula is C20H30N4O3. The molecule has 7 nitrogen and oxygen atoms in total. The van der Waals surface area contributed by atoms with Gasteiger partial charge in [-0.3, -0.25) is 4.79 Å². The normalized spacial score (nSPS) is 23.2. The molecule has 7 heteroatoms. The molecule has 1 aromatic rings. The molecular weight excluding hydrogens is 344 g/mol. The van der Waals surface area contributed by atoms with E-state index >= 15 is 0 Å². The number of nitrogens with zero attached hydrogens (tertiary/aromatic N) is 3. The van der Waals surface area contributed by atoms with Gasteiger partial charge in [0.25, 0.3) is 0 Å². The summed E-state index contributed by atoms with van der Waals surface area (Å²) in [5.41, 5.74) is -0.509. The van der Waals surface area contributed by atoms with Crippen LogP contribution in [0.15, 0.2) is 24.4 Å². The van der Waals surface area contributed by atoms with E-state index in [0.29, 0.717) is 6.42 Å². The van der Waals surface area contributed by atoms with Gasteiger partial charge in [-0.05, 0) is 52.2 Å². The third kappa shape index (κ3) is 5.34. The standard InChI is InChI=1S/C20H30N4O3/c1-20(2,3)27-19(26)22-16-8-7-15(14-16)18(25)24-12-10-23(11-13-24)17-6-4-5-9-21-17/h4-6,9,15-16H,7-8,10-14H2,1-3H3,(H,22,26).